The van der Waals surface area contributed by atoms with Crippen LogP contribution >= 0.6 is 0 Å². The molecule has 2 fully saturated rings. The maximum atomic E-state index is 4.72. The summed E-state index contributed by atoms with van der Waals surface area (Å²) in [6.07, 6.45) is 53.8. The molecule has 4 heteroatoms. The predicted octanol–water partition coefficient (Wildman–Crippen LogP) is 12.7. The fourth-order valence-corrected chi connectivity index (χ4v) is 6.82. The van der Waals surface area contributed by atoms with E-state index in [1.165, 1.54) is 174 Å². The van der Waals surface area contributed by atoms with Crippen molar-refractivity contribution < 1.29 is 9.47 Å². The molecule has 4 nitrogen and oxygen atoms in total. The molecule has 0 aromatic rings. The lowest BCUT2D eigenvalue weighted by Crippen LogP contribution is -2.59. The zero-order chi connectivity index (χ0) is 34.5. The molecule has 2 heterocycles. The normalized spacial score (nSPS) is 19.0. The van der Waals surface area contributed by atoms with Gasteiger partial charge >= 0.3 is 0 Å². The highest BCUT2D eigenvalue weighted by molar-refractivity contribution is 4.95. The van der Waals surface area contributed by atoms with Gasteiger partial charge in [-0.1, -0.05) is 152 Å². The van der Waals surface area contributed by atoms with Crippen LogP contribution < -0.4 is 5.32 Å². The Morgan fingerprint density at radius 3 is 1.29 bits per heavy atom. The van der Waals surface area contributed by atoms with Crippen LogP contribution in [0.2, 0.25) is 0 Å². The van der Waals surface area contributed by atoms with Crippen molar-refractivity contribution in [2.24, 2.45) is 0 Å². The fraction of sp³-hybridized carbons (Fsp3) is 0.818. The second-order valence-corrected chi connectivity index (χ2v) is 14.5. The van der Waals surface area contributed by atoms with Crippen molar-refractivity contribution in [1.82, 2.24) is 10.2 Å². The van der Waals surface area contributed by atoms with Crippen molar-refractivity contribution in [2.45, 2.75) is 186 Å². The second kappa shape index (κ2) is 35.6. The average Bonchev–Trinajstić information content (AvgIpc) is 3.69. The number of hydrogen-bond donors (Lipinski definition) is 1. The smallest absolute Gasteiger partial charge is 0.146 e. The maximum Gasteiger partial charge on any atom is 0.146 e. The number of allylic oxidation sites excluding steroid dienone is 8. The SMILES string of the molecule is C1COCO1.CCCCCC=CCC=CCCCCCCCCC1(CCCCCCCCC=CCC=CCCCCC)CN(C)CCN1. The summed E-state index contributed by atoms with van der Waals surface area (Å²) in [7, 11) is 2.33. The Hall–Kier alpha value is -1.20. The first kappa shape index (κ1) is 44.8. The van der Waals surface area contributed by atoms with Crippen molar-refractivity contribution >= 4 is 0 Å². The van der Waals surface area contributed by atoms with Crippen LogP contribution in [-0.2, 0) is 9.47 Å². The molecule has 0 radical (unpaired) electrons. The van der Waals surface area contributed by atoms with E-state index in [4.69, 9.17) is 9.47 Å². The van der Waals surface area contributed by atoms with Crippen LogP contribution in [0.4, 0.5) is 0 Å². The predicted molar refractivity (Wildman–Crippen MR) is 213 cm³/mol. The summed E-state index contributed by atoms with van der Waals surface area (Å²) < 4.78 is 9.44. The van der Waals surface area contributed by atoms with Gasteiger partial charge in [-0.05, 0) is 84.1 Å². The molecular formula is C44H82N2O2. The average molecular weight is 671 g/mol. The Bertz CT molecular complexity index is 714. The zero-order valence-electron chi connectivity index (χ0n) is 32.5. The third-order valence-electron chi connectivity index (χ3n) is 9.82. The number of ether oxygens (including phenoxy) is 2. The molecule has 2 aliphatic rings. The molecule has 0 amide bonds. The number of rotatable bonds is 30. The first-order valence-corrected chi connectivity index (χ1v) is 20.9. The van der Waals surface area contributed by atoms with Gasteiger partial charge in [0.15, 0.2) is 0 Å². The van der Waals surface area contributed by atoms with E-state index in [-0.39, 0.29) is 0 Å². The summed E-state index contributed by atoms with van der Waals surface area (Å²) in [6, 6.07) is 0. The minimum Gasteiger partial charge on any atom is -0.353 e. The van der Waals surface area contributed by atoms with E-state index in [1.807, 2.05) is 0 Å². The Morgan fingerprint density at radius 2 is 0.917 bits per heavy atom. The maximum absolute atomic E-state index is 4.72. The van der Waals surface area contributed by atoms with Gasteiger partial charge in [0, 0.05) is 25.2 Å². The first-order valence-electron chi connectivity index (χ1n) is 20.9. The van der Waals surface area contributed by atoms with Gasteiger partial charge in [0.2, 0.25) is 0 Å². The van der Waals surface area contributed by atoms with Gasteiger partial charge in [0.25, 0.3) is 0 Å². The van der Waals surface area contributed by atoms with Crippen LogP contribution in [0.25, 0.3) is 0 Å². The lowest BCUT2D eigenvalue weighted by atomic mass is 9.84. The van der Waals surface area contributed by atoms with Crippen LogP contribution in [0.15, 0.2) is 48.6 Å². The quantitative estimate of drug-likeness (QED) is 0.0609. The second-order valence-electron chi connectivity index (χ2n) is 14.5. The van der Waals surface area contributed by atoms with Crippen molar-refractivity contribution in [2.75, 3.05) is 46.7 Å². The number of hydrogen-bond acceptors (Lipinski definition) is 4. The highest BCUT2D eigenvalue weighted by Gasteiger charge is 2.32. The largest absolute Gasteiger partial charge is 0.353 e. The van der Waals surface area contributed by atoms with E-state index < -0.39 is 0 Å². The Kier molecular flexibility index (Phi) is 33.3. The number of nitrogens with zero attached hydrogens (tertiary/aromatic N) is 1. The summed E-state index contributed by atoms with van der Waals surface area (Å²) in [6.45, 7) is 10.2. The highest BCUT2D eigenvalue weighted by Crippen LogP contribution is 2.26. The van der Waals surface area contributed by atoms with Crippen molar-refractivity contribution in [3.8, 4) is 0 Å². The molecule has 0 saturated carbocycles. The Morgan fingerprint density at radius 1 is 0.521 bits per heavy atom. The van der Waals surface area contributed by atoms with E-state index in [9.17, 15) is 0 Å². The standard InChI is InChI=1S/C41H76N2.C3H6O2/c1-4-6-8-10-12-14-16-18-20-22-24-26-28-30-32-34-36-41(40-43(3)39-38-42-41)37-35-33-31-29-27-25-23-21-19-17-15-13-11-9-7-5-2;1-2-5-3-4-1/h12-15,18-21,42H,4-11,16-17,22-40H2,1-3H3;1-3H2. The van der Waals surface area contributed by atoms with Crippen LogP contribution in [0, 0.1) is 0 Å². The van der Waals surface area contributed by atoms with Gasteiger partial charge in [-0.15, -0.1) is 0 Å². The summed E-state index contributed by atoms with van der Waals surface area (Å²) >= 11 is 0. The molecular weight excluding hydrogens is 588 g/mol. The summed E-state index contributed by atoms with van der Waals surface area (Å²) in [5.74, 6) is 0. The molecule has 0 spiro atoms. The molecule has 280 valence electrons. The molecule has 48 heavy (non-hydrogen) atoms. The minimum absolute atomic E-state index is 0.373. The summed E-state index contributed by atoms with van der Waals surface area (Å²) in [4.78, 5) is 2.57. The first-order chi connectivity index (χ1) is 23.7. The van der Waals surface area contributed by atoms with Crippen molar-refractivity contribution in [3.63, 3.8) is 0 Å². The third-order valence-corrected chi connectivity index (χ3v) is 9.82. The molecule has 0 bridgehead atoms. The molecule has 2 rings (SSSR count). The molecule has 0 aromatic heterocycles. The number of piperazine rings is 1. The van der Waals surface area contributed by atoms with Gasteiger partial charge in [0.1, 0.15) is 6.79 Å². The van der Waals surface area contributed by atoms with Crippen LogP contribution in [-0.4, -0.2) is 57.1 Å². The zero-order valence-corrected chi connectivity index (χ0v) is 32.5. The molecule has 0 unspecified atom stereocenters. The minimum atomic E-state index is 0.373. The summed E-state index contributed by atoms with van der Waals surface area (Å²) in [5.41, 5.74) is 0.373. The van der Waals surface area contributed by atoms with E-state index in [1.54, 1.807) is 0 Å². The molecule has 2 saturated heterocycles. The number of likely N-dealkylation sites (N-methyl/N-ethyl adjacent to an activating group) is 1. The highest BCUT2D eigenvalue weighted by atomic mass is 16.7. The van der Waals surface area contributed by atoms with E-state index in [2.05, 4.69) is 79.7 Å². The van der Waals surface area contributed by atoms with Crippen LogP contribution in [0.3, 0.4) is 0 Å². The summed E-state index contributed by atoms with van der Waals surface area (Å²) in [5, 5.41) is 4.00. The fourth-order valence-electron chi connectivity index (χ4n) is 6.82. The van der Waals surface area contributed by atoms with Crippen LogP contribution in [0.1, 0.15) is 181 Å². The van der Waals surface area contributed by atoms with E-state index in [0.717, 1.165) is 26.1 Å². The monoisotopic (exact) mass is 671 g/mol. The Balaban J connectivity index is 0.00000209. The van der Waals surface area contributed by atoms with Crippen LogP contribution in [0.5, 0.6) is 0 Å². The van der Waals surface area contributed by atoms with Gasteiger partial charge in [-0.2, -0.15) is 0 Å². The van der Waals surface area contributed by atoms with E-state index in [0.29, 0.717) is 12.3 Å². The lowest BCUT2D eigenvalue weighted by molar-refractivity contribution is 0.0692. The topological polar surface area (TPSA) is 33.7 Å². The van der Waals surface area contributed by atoms with Crippen molar-refractivity contribution in [1.29, 1.82) is 0 Å². The van der Waals surface area contributed by atoms with Gasteiger partial charge in [0.05, 0.1) is 13.2 Å². The van der Waals surface area contributed by atoms with Crippen molar-refractivity contribution in [3.05, 3.63) is 48.6 Å². The lowest BCUT2D eigenvalue weighted by Gasteiger charge is -2.43. The molecule has 0 atom stereocenters. The van der Waals surface area contributed by atoms with Gasteiger partial charge in [-0.25, -0.2) is 0 Å². The van der Waals surface area contributed by atoms with E-state index >= 15 is 0 Å². The molecule has 0 aliphatic carbocycles. The van der Waals surface area contributed by atoms with Gasteiger partial charge < -0.3 is 19.7 Å². The third kappa shape index (κ3) is 29.7. The Labute approximate surface area is 300 Å². The molecule has 2 aliphatic heterocycles. The van der Waals surface area contributed by atoms with Gasteiger partial charge in [-0.3, -0.25) is 0 Å². The number of nitrogens with one attached hydrogen (secondary N) is 1. The number of unbranched alkanes of at least 4 members (excludes halogenated alkanes) is 18. The molecule has 1 N–H and O–H groups in total. The molecule has 0 aromatic carbocycles.